The quantitative estimate of drug-likeness (QED) is 0.548. The van der Waals surface area contributed by atoms with E-state index in [1.165, 1.54) is 25.7 Å². The number of pyridine rings is 1. The number of thioether (sulfide) groups is 1. The number of nitrogens with zero attached hydrogens (tertiary/aromatic N) is 1. The van der Waals surface area contributed by atoms with Crippen molar-refractivity contribution in [3.05, 3.63) is 22.8 Å². The molecule has 0 saturated carbocycles. The zero-order valence-electron chi connectivity index (χ0n) is 10.4. The van der Waals surface area contributed by atoms with Crippen LogP contribution in [0.15, 0.2) is 27.8 Å². The van der Waals surface area contributed by atoms with E-state index in [2.05, 4.69) is 39.2 Å². The Bertz CT molecular complexity index is 290. The molecule has 2 nitrogen and oxygen atoms in total. The van der Waals surface area contributed by atoms with Gasteiger partial charge in [0, 0.05) is 23.0 Å². The summed E-state index contributed by atoms with van der Waals surface area (Å²) in [6, 6.07) is 4.09. The normalized spacial score (nSPS) is 10.7. The first-order valence-corrected chi connectivity index (χ1v) is 8.06. The maximum Gasteiger partial charge on any atom is 0.0961 e. The molecule has 1 rings (SSSR count). The zero-order chi connectivity index (χ0) is 12.3. The summed E-state index contributed by atoms with van der Waals surface area (Å²) in [4.78, 5) is 4.32. The number of halogens is 1. The van der Waals surface area contributed by atoms with Gasteiger partial charge in [0.1, 0.15) is 0 Å². The molecule has 0 amide bonds. The van der Waals surface area contributed by atoms with Crippen LogP contribution < -0.4 is 5.32 Å². The summed E-state index contributed by atoms with van der Waals surface area (Å²) in [7, 11) is 0. The van der Waals surface area contributed by atoms with E-state index in [0.29, 0.717) is 0 Å². The molecule has 0 saturated heterocycles. The van der Waals surface area contributed by atoms with Crippen molar-refractivity contribution in [1.29, 1.82) is 0 Å². The highest BCUT2D eigenvalue weighted by molar-refractivity contribution is 9.10. The maximum absolute atomic E-state index is 4.32. The van der Waals surface area contributed by atoms with Crippen molar-refractivity contribution < 1.29 is 0 Å². The highest BCUT2D eigenvalue weighted by atomic mass is 79.9. The van der Waals surface area contributed by atoms with Crippen LogP contribution in [0.4, 0.5) is 0 Å². The van der Waals surface area contributed by atoms with Crippen molar-refractivity contribution in [1.82, 2.24) is 10.3 Å². The fraction of sp³-hybridized carbons (Fsp3) is 0.615. The van der Waals surface area contributed by atoms with Crippen LogP contribution in [-0.4, -0.2) is 23.8 Å². The fourth-order valence-corrected chi connectivity index (χ4v) is 2.46. The Morgan fingerprint density at radius 3 is 2.82 bits per heavy atom. The lowest BCUT2D eigenvalue weighted by Gasteiger charge is -2.04. The average molecular weight is 317 g/mol. The number of rotatable bonds is 9. The second-order valence-electron chi connectivity index (χ2n) is 3.97. The monoisotopic (exact) mass is 316 g/mol. The highest BCUT2D eigenvalue weighted by Crippen LogP contribution is 2.16. The molecule has 0 aliphatic carbocycles. The molecule has 1 aromatic rings. The van der Waals surface area contributed by atoms with E-state index in [-0.39, 0.29) is 0 Å². The molecule has 1 aromatic heterocycles. The molecule has 1 heterocycles. The van der Waals surface area contributed by atoms with Crippen LogP contribution in [0.2, 0.25) is 0 Å². The third-order valence-electron chi connectivity index (χ3n) is 2.44. The second kappa shape index (κ2) is 9.92. The molecule has 0 atom stereocenters. The molecule has 96 valence electrons. The minimum absolute atomic E-state index is 1.04. The third kappa shape index (κ3) is 7.79. The minimum atomic E-state index is 1.04. The average Bonchev–Trinajstić information content (AvgIpc) is 2.35. The Balaban J connectivity index is 1.95. The van der Waals surface area contributed by atoms with Crippen LogP contribution in [0.3, 0.4) is 0 Å². The van der Waals surface area contributed by atoms with Crippen molar-refractivity contribution in [3.63, 3.8) is 0 Å². The fourth-order valence-electron chi connectivity index (χ4n) is 1.48. The van der Waals surface area contributed by atoms with Gasteiger partial charge in [0.05, 0.1) is 5.03 Å². The molecule has 0 aromatic carbocycles. The van der Waals surface area contributed by atoms with E-state index >= 15 is 0 Å². The van der Waals surface area contributed by atoms with Crippen molar-refractivity contribution in [2.75, 3.05) is 18.8 Å². The Hall–Kier alpha value is -0.0600. The first kappa shape index (κ1) is 15.0. The number of hydrogen-bond donors (Lipinski definition) is 1. The summed E-state index contributed by atoms with van der Waals surface area (Å²) in [6.45, 7) is 4.46. The molecule has 0 aliphatic heterocycles. The molecule has 1 N–H and O–H groups in total. The van der Waals surface area contributed by atoms with E-state index in [4.69, 9.17) is 0 Å². The molecule has 0 fully saturated rings. The number of hydrogen-bond acceptors (Lipinski definition) is 3. The van der Waals surface area contributed by atoms with Crippen LogP contribution in [0.25, 0.3) is 0 Å². The molecule has 0 bridgehead atoms. The van der Waals surface area contributed by atoms with Gasteiger partial charge in [-0.05, 0) is 41.0 Å². The first-order valence-electron chi connectivity index (χ1n) is 6.28. The van der Waals surface area contributed by atoms with E-state index in [0.717, 1.165) is 28.3 Å². The van der Waals surface area contributed by atoms with Crippen molar-refractivity contribution in [2.24, 2.45) is 0 Å². The Kier molecular flexibility index (Phi) is 8.75. The van der Waals surface area contributed by atoms with Gasteiger partial charge < -0.3 is 5.32 Å². The lowest BCUT2D eigenvalue weighted by atomic mass is 10.2. The molecular formula is C13H21BrN2S. The van der Waals surface area contributed by atoms with Gasteiger partial charge in [-0.3, -0.25) is 0 Å². The topological polar surface area (TPSA) is 24.9 Å². The van der Waals surface area contributed by atoms with Gasteiger partial charge in [-0.25, -0.2) is 4.98 Å². The van der Waals surface area contributed by atoms with Crippen LogP contribution in [0, 0.1) is 0 Å². The Morgan fingerprint density at radius 2 is 2.12 bits per heavy atom. The van der Waals surface area contributed by atoms with Crippen molar-refractivity contribution in [3.8, 4) is 0 Å². The number of unbranched alkanes of at least 4 members (excludes halogenated alkanes) is 3. The summed E-state index contributed by atoms with van der Waals surface area (Å²) in [6.07, 6.45) is 7.17. The van der Waals surface area contributed by atoms with Gasteiger partial charge >= 0.3 is 0 Å². The summed E-state index contributed by atoms with van der Waals surface area (Å²) in [5, 5.41) is 4.57. The van der Waals surface area contributed by atoms with E-state index in [1.807, 2.05) is 12.3 Å². The van der Waals surface area contributed by atoms with Gasteiger partial charge in [0.25, 0.3) is 0 Å². The Labute approximate surface area is 117 Å². The smallest absolute Gasteiger partial charge is 0.0961 e. The van der Waals surface area contributed by atoms with E-state index in [9.17, 15) is 0 Å². The maximum atomic E-state index is 4.32. The SMILES string of the molecule is CCCCCCNCCSc1ccc(Br)cn1. The standard InChI is InChI=1S/C13H21BrN2S/c1-2-3-4-5-8-15-9-10-17-13-7-6-12(14)11-16-13/h6-7,11,15H,2-5,8-10H2,1H3. The predicted molar refractivity (Wildman–Crippen MR) is 79.7 cm³/mol. The molecule has 0 spiro atoms. The van der Waals surface area contributed by atoms with Gasteiger partial charge in [-0.2, -0.15) is 0 Å². The highest BCUT2D eigenvalue weighted by Gasteiger charge is 1.95. The summed E-state index contributed by atoms with van der Waals surface area (Å²) < 4.78 is 1.04. The second-order valence-corrected chi connectivity index (χ2v) is 6.00. The molecular weight excluding hydrogens is 296 g/mol. The van der Waals surface area contributed by atoms with Crippen LogP contribution in [-0.2, 0) is 0 Å². The minimum Gasteiger partial charge on any atom is -0.316 e. The summed E-state index contributed by atoms with van der Waals surface area (Å²) in [5.41, 5.74) is 0. The molecule has 0 radical (unpaired) electrons. The van der Waals surface area contributed by atoms with E-state index < -0.39 is 0 Å². The van der Waals surface area contributed by atoms with Crippen LogP contribution in [0.1, 0.15) is 32.6 Å². The van der Waals surface area contributed by atoms with Crippen LogP contribution >= 0.6 is 27.7 Å². The summed E-state index contributed by atoms with van der Waals surface area (Å²) >= 11 is 5.19. The lowest BCUT2D eigenvalue weighted by Crippen LogP contribution is -2.18. The molecule has 0 unspecified atom stereocenters. The molecule has 17 heavy (non-hydrogen) atoms. The van der Waals surface area contributed by atoms with Crippen LogP contribution in [0.5, 0.6) is 0 Å². The Morgan fingerprint density at radius 1 is 1.24 bits per heavy atom. The van der Waals surface area contributed by atoms with E-state index in [1.54, 1.807) is 11.8 Å². The largest absolute Gasteiger partial charge is 0.316 e. The number of aromatic nitrogens is 1. The molecule has 0 aliphatic rings. The van der Waals surface area contributed by atoms with Gasteiger partial charge in [-0.15, -0.1) is 11.8 Å². The predicted octanol–water partition coefficient (Wildman–Crippen LogP) is 4.11. The van der Waals surface area contributed by atoms with Gasteiger partial charge in [0.2, 0.25) is 0 Å². The van der Waals surface area contributed by atoms with Crippen molar-refractivity contribution >= 4 is 27.7 Å². The van der Waals surface area contributed by atoms with Gasteiger partial charge in [-0.1, -0.05) is 26.2 Å². The number of nitrogens with one attached hydrogen (secondary N) is 1. The van der Waals surface area contributed by atoms with Gasteiger partial charge in [0.15, 0.2) is 0 Å². The molecule has 4 heteroatoms. The zero-order valence-corrected chi connectivity index (χ0v) is 12.8. The van der Waals surface area contributed by atoms with Crippen molar-refractivity contribution in [2.45, 2.75) is 37.6 Å². The third-order valence-corrected chi connectivity index (χ3v) is 3.85. The summed E-state index contributed by atoms with van der Waals surface area (Å²) in [5.74, 6) is 1.09. The lowest BCUT2D eigenvalue weighted by molar-refractivity contribution is 0.613. The first-order chi connectivity index (χ1) is 8.33.